The smallest absolute Gasteiger partial charge is 0.428 e. The number of pyridine rings is 1. The van der Waals surface area contributed by atoms with E-state index >= 15 is 0 Å². The van der Waals surface area contributed by atoms with E-state index in [4.69, 9.17) is 0 Å². The van der Waals surface area contributed by atoms with Crippen molar-refractivity contribution in [3.05, 3.63) is 24.0 Å². The van der Waals surface area contributed by atoms with Crippen molar-refractivity contribution in [1.29, 1.82) is 0 Å². The van der Waals surface area contributed by atoms with Crippen LogP contribution in [0.2, 0.25) is 0 Å². The Bertz CT molecular complexity index is 967. The Labute approximate surface area is 152 Å². The molecule has 0 unspecified atom stereocenters. The van der Waals surface area contributed by atoms with Gasteiger partial charge in [-0.25, -0.2) is 18.1 Å². The van der Waals surface area contributed by atoms with Gasteiger partial charge in [0.25, 0.3) is 0 Å². The summed E-state index contributed by atoms with van der Waals surface area (Å²) in [7, 11) is -2.31. The zero-order valence-corrected chi connectivity index (χ0v) is 15.6. The van der Waals surface area contributed by atoms with Gasteiger partial charge >= 0.3 is 7.05 Å². The number of H-pyrrole nitrogens is 1. The molecule has 0 spiro atoms. The molecule has 1 aliphatic carbocycles. The topological polar surface area (TPSA) is 111 Å². The highest BCUT2D eigenvalue weighted by molar-refractivity contribution is 7.89. The molecule has 1 aliphatic heterocycles. The maximum absolute atomic E-state index is 12.0. The number of aromatic amines is 1. The Balaban J connectivity index is 1.61. The first-order valence-electron chi connectivity index (χ1n) is 8.85. The molecule has 26 heavy (non-hydrogen) atoms. The summed E-state index contributed by atoms with van der Waals surface area (Å²) >= 11 is 0. The van der Waals surface area contributed by atoms with Gasteiger partial charge in [-0.05, 0) is 25.3 Å². The fraction of sp³-hybridized carbons (Fsp3) is 0.500. The average molecular weight is 375 g/mol. The minimum absolute atomic E-state index is 0.0524. The van der Waals surface area contributed by atoms with E-state index in [2.05, 4.69) is 19.8 Å². The molecule has 1 saturated carbocycles. The fourth-order valence-corrected chi connectivity index (χ4v) is 5.14. The molecule has 0 aromatic carbocycles. The first-order chi connectivity index (χ1) is 12.4. The molecule has 0 bridgehead atoms. The second kappa shape index (κ2) is 6.36. The Kier molecular flexibility index (Phi) is 4.28. The zero-order chi connectivity index (χ0) is 18.5. The van der Waals surface area contributed by atoms with E-state index in [1.54, 1.807) is 13.2 Å². The second-order valence-electron chi connectivity index (χ2n) is 7.06. The summed E-state index contributed by atoms with van der Waals surface area (Å²) in [5.74, 6) is 0.307. The molecule has 1 fully saturated rings. The molecule has 0 saturated heterocycles. The molecule has 2 aromatic heterocycles. The van der Waals surface area contributed by atoms with E-state index in [1.807, 2.05) is 19.2 Å². The molecule has 0 amide bonds. The summed E-state index contributed by atoms with van der Waals surface area (Å²) < 4.78 is 26.7. The lowest BCUT2D eigenvalue weighted by Crippen LogP contribution is -2.54. The molecule has 3 N–H and O–H groups in total. The summed E-state index contributed by atoms with van der Waals surface area (Å²) in [5.41, 5.74) is 3.31. The number of sulfonamides is 1. The third-order valence-electron chi connectivity index (χ3n) is 5.11. The van der Waals surface area contributed by atoms with Crippen LogP contribution in [-0.2, 0) is 10.0 Å². The van der Waals surface area contributed by atoms with Gasteiger partial charge in [-0.1, -0.05) is 6.92 Å². The van der Waals surface area contributed by atoms with Crippen molar-refractivity contribution in [3.63, 3.8) is 0 Å². The maximum Gasteiger partial charge on any atom is 0.468 e. The van der Waals surface area contributed by atoms with Crippen molar-refractivity contribution in [2.75, 3.05) is 12.8 Å². The van der Waals surface area contributed by atoms with Crippen LogP contribution in [0, 0.1) is 5.92 Å². The van der Waals surface area contributed by atoms with Gasteiger partial charge in [-0.3, -0.25) is 0 Å². The lowest BCUT2D eigenvalue weighted by atomic mass is 9.65. The van der Waals surface area contributed by atoms with Gasteiger partial charge in [0.1, 0.15) is 5.65 Å². The van der Waals surface area contributed by atoms with Gasteiger partial charge in [0.2, 0.25) is 10.0 Å². The normalized spacial score (nSPS) is 23.0. The highest BCUT2D eigenvalue weighted by Crippen LogP contribution is 2.34. The molecule has 3 heterocycles. The van der Waals surface area contributed by atoms with E-state index in [0.29, 0.717) is 19.3 Å². The molecular weight excluding hydrogens is 353 g/mol. The number of hydrogen-bond donors (Lipinski definition) is 3. The van der Waals surface area contributed by atoms with Crippen molar-refractivity contribution in [2.45, 2.75) is 32.2 Å². The molecule has 0 radical (unpaired) electrons. The van der Waals surface area contributed by atoms with Gasteiger partial charge in [0.15, 0.2) is 0 Å². The summed E-state index contributed by atoms with van der Waals surface area (Å²) in [4.78, 5) is 9.00. The van der Waals surface area contributed by atoms with E-state index in [9.17, 15) is 13.4 Å². The van der Waals surface area contributed by atoms with Crippen molar-refractivity contribution in [1.82, 2.24) is 19.6 Å². The second-order valence-corrected chi connectivity index (χ2v) is 8.94. The largest absolute Gasteiger partial charge is 0.468 e. The monoisotopic (exact) mass is 375 g/mol. The first kappa shape index (κ1) is 17.5. The SMILES string of the molecule is CCCS(=O)(=O)N[C@H]1C[C@H](C2=NN(C)B(O)c3cnc4[nH]ccc4c32)C1. The van der Waals surface area contributed by atoms with Crippen molar-refractivity contribution in [3.8, 4) is 0 Å². The van der Waals surface area contributed by atoms with Crippen LogP contribution < -0.4 is 10.2 Å². The summed E-state index contributed by atoms with van der Waals surface area (Å²) in [6.45, 7) is 1.85. The minimum atomic E-state index is -3.21. The van der Waals surface area contributed by atoms with Gasteiger partial charge in [0.05, 0.1) is 11.5 Å². The Morgan fingerprint density at radius 1 is 1.46 bits per heavy atom. The zero-order valence-electron chi connectivity index (χ0n) is 14.8. The van der Waals surface area contributed by atoms with Gasteiger partial charge in [0, 0.05) is 47.8 Å². The number of aromatic nitrogens is 2. The predicted octanol–water partition coefficient (Wildman–Crippen LogP) is 0.00790. The maximum atomic E-state index is 12.0. The molecule has 2 aliphatic rings. The number of hydrazone groups is 1. The van der Waals surface area contributed by atoms with Crippen LogP contribution in [0.25, 0.3) is 11.0 Å². The quantitative estimate of drug-likeness (QED) is 0.638. The average Bonchev–Trinajstić information content (AvgIpc) is 3.02. The number of nitrogens with zero attached hydrogens (tertiary/aromatic N) is 3. The van der Waals surface area contributed by atoms with E-state index < -0.39 is 17.1 Å². The van der Waals surface area contributed by atoms with Crippen molar-refractivity contribution >= 4 is 39.3 Å². The van der Waals surface area contributed by atoms with E-state index in [0.717, 1.165) is 27.8 Å². The standard InChI is InChI=1S/C16H22BN5O3S/c1-3-6-26(24,25)21-11-7-10(8-11)15-14-12-4-5-18-16(12)19-9-13(14)17(23)22(2)20-15/h4-5,9-11,21,23H,3,6-8H2,1-2H3,(H,18,19)/t10-,11-. The summed E-state index contributed by atoms with van der Waals surface area (Å²) in [6, 6.07) is 1.89. The van der Waals surface area contributed by atoms with Crippen LogP contribution in [0.1, 0.15) is 31.7 Å². The molecule has 2 aromatic rings. The molecule has 138 valence electrons. The number of nitrogens with one attached hydrogen (secondary N) is 2. The third kappa shape index (κ3) is 2.91. The third-order valence-corrected chi connectivity index (χ3v) is 6.75. The molecule has 8 nitrogen and oxygen atoms in total. The Morgan fingerprint density at radius 3 is 2.96 bits per heavy atom. The van der Waals surface area contributed by atoms with Crippen molar-refractivity contribution in [2.24, 2.45) is 11.0 Å². The Hall–Kier alpha value is -1.91. The van der Waals surface area contributed by atoms with Crippen LogP contribution >= 0.6 is 0 Å². The molecule has 4 rings (SSSR count). The first-order valence-corrected chi connectivity index (χ1v) is 10.5. The number of hydrogen-bond acceptors (Lipinski definition) is 6. The van der Waals surface area contributed by atoms with Crippen LogP contribution in [0.15, 0.2) is 23.6 Å². The highest BCUT2D eigenvalue weighted by Gasteiger charge is 2.41. The fourth-order valence-electron chi connectivity index (χ4n) is 3.79. The van der Waals surface area contributed by atoms with Gasteiger partial charge in [-0.2, -0.15) is 5.10 Å². The van der Waals surface area contributed by atoms with Crippen molar-refractivity contribution < 1.29 is 13.4 Å². The van der Waals surface area contributed by atoms with E-state index in [-0.39, 0.29) is 17.7 Å². The molecule has 0 atom stereocenters. The summed E-state index contributed by atoms with van der Waals surface area (Å²) in [6.07, 6.45) is 5.53. The van der Waals surface area contributed by atoms with Crippen LogP contribution in [0.5, 0.6) is 0 Å². The van der Waals surface area contributed by atoms with Crippen LogP contribution in [0.3, 0.4) is 0 Å². The number of fused-ring (bicyclic) bond motifs is 3. The van der Waals surface area contributed by atoms with E-state index in [1.165, 1.54) is 4.92 Å². The summed E-state index contributed by atoms with van der Waals surface area (Å²) in [5, 5.41) is 16.0. The van der Waals surface area contributed by atoms with Gasteiger partial charge < -0.3 is 14.9 Å². The molecule has 10 heteroatoms. The minimum Gasteiger partial charge on any atom is -0.428 e. The predicted molar refractivity (Wildman–Crippen MR) is 102 cm³/mol. The Morgan fingerprint density at radius 2 is 2.23 bits per heavy atom. The van der Waals surface area contributed by atoms with Crippen LogP contribution in [-0.4, -0.2) is 59.9 Å². The highest BCUT2D eigenvalue weighted by atomic mass is 32.2. The lowest BCUT2D eigenvalue weighted by molar-refractivity contribution is 0.315. The number of rotatable bonds is 5. The van der Waals surface area contributed by atoms with Crippen LogP contribution in [0.4, 0.5) is 0 Å². The molecular formula is C16H22BN5O3S. The van der Waals surface area contributed by atoms with Gasteiger partial charge in [-0.15, -0.1) is 0 Å². The lowest BCUT2D eigenvalue weighted by Gasteiger charge is -2.39.